The van der Waals surface area contributed by atoms with Crippen LogP contribution in [0.15, 0.2) is 77.7 Å². The molecular weight excluding hydrogens is 478 g/mol. The number of amides is 1. The monoisotopic (exact) mass is 501 g/mol. The van der Waals surface area contributed by atoms with E-state index in [1.807, 2.05) is 47.0 Å². The number of nitrogens with one attached hydrogen (secondary N) is 2. The number of rotatable bonds is 10. The van der Waals surface area contributed by atoms with Gasteiger partial charge in [-0.05, 0) is 30.3 Å². The highest BCUT2D eigenvalue weighted by molar-refractivity contribution is 7.17. The Morgan fingerprint density at radius 3 is 2.75 bits per heavy atom. The van der Waals surface area contributed by atoms with Gasteiger partial charge >= 0.3 is 0 Å². The van der Waals surface area contributed by atoms with Crippen molar-refractivity contribution < 1.29 is 18.7 Å². The smallest absolute Gasteiger partial charge is 0.268 e. The summed E-state index contributed by atoms with van der Waals surface area (Å²) in [7, 11) is 1.62. The maximum Gasteiger partial charge on any atom is 0.268 e. The number of carbonyl (C=O) groups is 2. The Kier molecular flexibility index (Phi) is 6.87. The predicted molar refractivity (Wildman–Crippen MR) is 139 cm³/mol. The van der Waals surface area contributed by atoms with Gasteiger partial charge in [-0.25, -0.2) is 9.97 Å². The molecule has 1 amide bonds. The van der Waals surface area contributed by atoms with Gasteiger partial charge in [0.1, 0.15) is 0 Å². The molecule has 3 aromatic heterocycles. The highest BCUT2D eigenvalue weighted by Gasteiger charge is 2.17. The molecule has 0 fully saturated rings. The first-order chi connectivity index (χ1) is 17.6. The highest BCUT2D eigenvalue weighted by atomic mass is 32.1. The van der Waals surface area contributed by atoms with Gasteiger partial charge in [0.15, 0.2) is 17.9 Å². The van der Waals surface area contributed by atoms with E-state index in [1.54, 1.807) is 31.5 Å². The van der Waals surface area contributed by atoms with Crippen LogP contribution in [0.5, 0.6) is 0 Å². The minimum Gasteiger partial charge on any atom is -0.443 e. The molecule has 10 heteroatoms. The summed E-state index contributed by atoms with van der Waals surface area (Å²) in [6, 6.07) is 18.4. The lowest BCUT2D eigenvalue weighted by Gasteiger charge is -2.09. The summed E-state index contributed by atoms with van der Waals surface area (Å²) in [5.74, 6) is 0.748. The van der Waals surface area contributed by atoms with Crippen LogP contribution in [0.1, 0.15) is 20.0 Å². The molecule has 0 saturated heterocycles. The van der Waals surface area contributed by atoms with Crippen LogP contribution < -0.4 is 10.6 Å². The minimum atomic E-state index is -0.272. The molecule has 5 rings (SSSR count). The molecule has 0 aliphatic rings. The van der Waals surface area contributed by atoms with E-state index < -0.39 is 0 Å². The summed E-state index contributed by atoms with van der Waals surface area (Å²) in [6.45, 7) is 1.12. The Hall–Kier alpha value is -4.28. The van der Waals surface area contributed by atoms with Crippen LogP contribution in [-0.4, -0.2) is 46.5 Å². The average molecular weight is 502 g/mol. The molecule has 0 bridgehead atoms. The molecule has 0 atom stereocenters. The van der Waals surface area contributed by atoms with Crippen molar-refractivity contribution in [2.45, 2.75) is 6.54 Å². The van der Waals surface area contributed by atoms with Crippen molar-refractivity contribution >= 4 is 45.7 Å². The van der Waals surface area contributed by atoms with Crippen LogP contribution >= 0.6 is 11.3 Å². The number of oxazole rings is 1. The number of nitrogens with zero attached hydrogens (tertiary/aromatic N) is 3. The lowest BCUT2D eigenvalue weighted by molar-refractivity contribution is 0.100. The zero-order valence-corrected chi connectivity index (χ0v) is 20.2. The van der Waals surface area contributed by atoms with Crippen LogP contribution in [0.25, 0.3) is 21.7 Å². The van der Waals surface area contributed by atoms with Crippen molar-refractivity contribution in [3.63, 3.8) is 0 Å². The van der Waals surface area contributed by atoms with Gasteiger partial charge in [-0.15, -0.1) is 11.3 Å². The van der Waals surface area contributed by atoms with Crippen LogP contribution in [0.4, 0.5) is 11.6 Å². The third-order valence-electron chi connectivity index (χ3n) is 5.55. The number of imidazole rings is 1. The molecule has 3 heterocycles. The molecule has 0 spiro atoms. The molecular formula is C26H23N5O4S. The summed E-state index contributed by atoms with van der Waals surface area (Å²) in [5, 5.41) is 6.09. The van der Waals surface area contributed by atoms with Crippen molar-refractivity contribution in [2.75, 3.05) is 30.9 Å². The summed E-state index contributed by atoms with van der Waals surface area (Å²) in [6.07, 6.45) is 2.96. The van der Waals surface area contributed by atoms with E-state index in [4.69, 9.17) is 9.15 Å². The van der Waals surface area contributed by atoms with E-state index in [0.717, 1.165) is 16.1 Å². The number of ketones is 1. The van der Waals surface area contributed by atoms with Crippen LogP contribution in [0, 0.1) is 0 Å². The SMILES string of the molecule is COCCn1c(NC(=O)c2ccc(-c3cnco3)s2)nc2cc(NCC(=O)c3ccccc3)ccc21. The third-order valence-corrected chi connectivity index (χ3v) is 6.64. The maximum absolute atomic E-state index is 13.0. The van der Waals surface area contributed by atoms with Gasteiger partial charge in [-0.3, -0.25) is 14.9 Å². The number of hydrogen-bond acceptors (Lipinski definition) is 8. The van der Waals surface area contributed by atoms with E-state index in [2.05, 4.69) is 20.6 Å². The zero-order chi connectivity index (χ0) is 24.9. The number of benzene rings is 2. The van der Waals surface area contributed by atoms with Gasteiger partial charge in [0, 0.05) is 24.9 Å². The summed E-state index contributed by atoms with van der Waals surface area (Å²) < 4.78 is 12.5. The molecule has 0 unspecified atom stereocenters. The van der Waals surface area contributed by atoms with Crippen LogP contribution in [0.3, 0.4) is 0 Å². The Morgan fingerprint density at radius 2 is 1.97 bits per heavy atom. The fourth-order valence-electron chi connectivity index (χ4n) is 3.75. The van der Waals surface area contributed by atoms with Gasteiger partial charge in [0.2, 0.25) is 5.95 Å². The van der Waals surface area contributed by atoms with Crippen molar-refractivity contribution in [3.05, 3.63) is 83.7 Å². The number of Topliss-reactive ketones (excluding diaryl/α,β-unsaturated/α-hetero) is 1. The number of anilines is 2. The van der Waals surface area contributed by atoms with E-state index in [-0.39, 0.29) is 18.2 Å². The third kappa shape index (κ3) is 5.04. The van der Waals surface area contributed by atoms with Gasteiger partial charge in [-0.1, -0.05) is 30.3 Å². The topological polar surface area (TPSA) is 111 Å². The van der Waals surface area contributed by atoms with Crippen molar-refractivity contribution in [1.29, 1.82) is 0 Å². The second kappa shape index (κ2) is 10.5. The Labute approximate surface area is 210 Å². The number of fused-ring (bicyclic) bond motifs is 1. The number of methoxy groups -OCH3 is 1. The summed E-state index contributed by atoms with van der Waals surface area (Å²) >= 11 is 1.31. The minimum absolute atomic E-state index is 0.00470. The number of hydrogen-bond donors (Lipinski definition) is 2. The van der Waals surface area contributed by atoms with Gasteiger partial charge in [0.05, 0.1) is 40.1 Å². The Balaban J connectivity index is 1.35. The Morgan fingerprint density at radius 1 is 1.11 bits per heavy atom. The van der Waals surface area contributed by atoms with Crippen LogP contribution in [0.2, 0.25) is 0 Å². The molecule has 0 radical (unpaired) electrons. The molecule has 36 heavy (non-hydrogen) atoms. The molecule has 2 aromatic carbocycles. The lowest BCUT2D eigenvalue weighted by atomic mass is 10.1. The van der Waals surface area contributed by atoms with Crippen molar-refractivity contribution in [1.82, 2.24) is 14.5 Å². The predicted octanol–water partition coefficient (Wildman–Crippen LogP) is 4.95. The first-order valence-corrected chi connectivity index (χ1v) is 12.1. The van der Waals surface area contributed by atoms with Crippen molar-refractivity contribution in [2.24, 2.45) is 0 Å². The molecule has 0 aliphatic heterocycles. The lowest BCUT2D eigenvalue weighted by Crippen LogP contribution is -2.16. The second-order valence-corrected chi connectivity index (χ2v) is 8.99. The van der Waals surface area contributed by atoms with Gasteiger partial charge in [0.25, 0.3) is 5.91 Å². The summed E-state index contributed by atoms with van der Waals surface area (Å²) in [5.41, 5.74) is 2.94. The number of aromatic nitrogens is 3. The molecule has 5 aromatic rings. The molecule has 2 N–H and O–H groups in total. The molecule has 0 aliphatic carbocycles. The first-order valence-electron chi connectivity index (χ1n) is 11.2. The van der Waals surface area contributed by atoms with Gasteiger partial charge in [-0.2, -0.15) is 0 Å². The van der Waals surface area contributed by atoms with Gasteiger partial charge < -0.3 is 19.0 Å². The molecule has 0 saturated carbocycles. The maximum atomic E-state index is 13.0. The largest absolute Gasteiger partial charge is 0.443 e. The van der Waals surface area contributed by atoms with Crippen molar-refractivity contribution in [3.8, 4) is 10.6 Å². The van der Waals surface area contributed by atoms with E-state index in [0.29, 0.717) is 40.8 Å². The average Bonchev–Trinajstić information content (AvgIpc) is 3.66. The van der Waals surface area contributed by atoms with E-state index >= 15 is 0 Å². The fourth-order valence-corrected chi connectivity index (χ4v) is 4.60. The van der Waals surface area contributed by atoms with Crippen LogP contribution in [-0.2, 0) is 11.3 Å². The Bertz CT molecular complexity index is 1490. The summed E-state index contributed by atoms with van der Waals surface area (Å²) in [4.78, 5) is 35.4. The number of thiophene rings is 1. The first kappa shape index (κ1) is 23.5. The zero-order valence-electron chi connectivity index (χ0n) is 19.4. The van der Waals surface area contributed by atoms with E-state index in [9.17, 15) is 9.59 Å². The molecule has 9 nitrogen and oxygen atoms in total. The number of ether oxygens (including phenoxy) is 1. The normalized spacial score (nSPS) is 11.0. The highest BCUT2D eigenvalue weighted by Crippen LogP contribution is 2.29. The number of carbonyl (C=O) groups excluding carboxylic acids is 2. The molecule has 182 valence electrons. The standard InChI is InChI=1S/C26H23N5O4S/c1-34-12-11-31-20-8-7-18(28-14-21(32)17-5-3-2-4-6-17)13-19(20)29-26(31)30-25(33)24-10-9-23(36-24)22-15-27-16-35-22/h2-10,13,15-16,28H,11-12,14H2,1H3,(H,29,30,33). The quantitative estimate of drug-likeness (QED) is 0.261. The van der Waals surface area contributed by atoms with E-state index in [1.165, 1.54) is 17.7 Å². The fraction of sp³-hybridized carbons (Fsp3) is 0.154. The second-order valence-electron chi connectivity index (χ2n) is 7.91.